The number of fused-ring (bicyclic) bond motifs is 7. The van der Waals surface area contributed by atoms with Crippen molar-refractivity contribution < 1.29 is 0 Å². The van der Waals surface area contributed by atoms with Crippen molar-refractivity contribution in [2.75, 3.05) is 0 Å². The monoisotopic (exact) mass is 804 g/mol. The normalized spacial score (nSPS) is 13.0. The maximum atomic E-state index is 2.48. The summed E-state index contributed by atoms with van der Waals surface area (Å²) in [4.78, 5) is 0. The molecule has 0 spiro atoms. The number of hydrogen-bond acceptors (Lipinski definition) is 0. The molecule has 11 aromatic rings. The van der Waals surface area contributed by atoms with E-state index in [0.717, 1.165) is 5.69 Å². The van der Waals surface area contributed by atoms with Crippen LogP contribution in [-0.2, 0) is 5.41 Å². The van der Waals surface area contributed by atoms with E-state index in [1.165, 1.54) is 105 Å². The van der Waals surface area contributed by atoms with Gasteiger partial charge >= 0.3 is 0 Å². The van der Waals surface area contributed by atoms with Crippen LogP contribution in [0.15, 0.2) is 218 Å². The van der Waals surface area contributed by atoms with Crippen LogP contribution in [0.3, 0.4) is 0 Å². The lowest BCUT2D eigenvalue weighted by atomic mass is 9.81. The molecule has 0 saturated heterocycles. The van der Waals surface area contributed by atoms with Crippen molar-refractivity contribution in [3.63, 3.8) is 0 Å². The standard InChI is InChI=1S/C61H44N2/c1-61(2)54-38-42(27-26-41-28-31-43(32-29-41)44-33-35-48(36-34-44)62-56-24-14-12-22-50(56)51-23-13-15-25-57(51)62)30-37-49(54)52-39-53-58(40-55(52)61)63(47-20-10-5-11-21-47)60(46-18-8-4-9-19-46)59(53)45-16-6-3-7-17-45/h3-40H,1-2H3. The minimum atomic E-state index is -0.187. The first-order valence-electron chi connectivity index (χ1n) is 21.9. The first-order chi connectivity index (χ1) is 31.0. The van der Waals surface area contributed by atoms with Gasteiger partial charge in [0.25, 0.3) is 0 Å². The Balaban J connectivity index is 0.874. The minimum absolute atomic E-state index is 0.187. The van der Waals surface area contributed by atoms with Gasteiger partial charge in [-0.15, -0.1) is 0 Å². The topological polar surface area (TPSA) is 9.86 Å². The van der Waals surface area contributed by atoms with Gasteiger partial charge in [-0.05, 0) is 104 Å². The van der Waals surface area contributed by atoms with E-state index in [9.17, 15) is 0 Å². The molecule has 0 unspecified atom stereocenters. The van der Waals surface area contributed by atoms with Crippen LogP contribution in [0.1, 0.15) is 36.1 Å². The number of benzene rings is 9. The third-order valence-electron chi connectivity index (χ3n) is 13.3. The Hall–Kier alpha value is -7.94. The second-order valence-corrected chi connectivity index (χ2v) is 17.3. The lowest BCUT2D eigenvalue weighted by Gasteiger charge is -2.22. The Labute approximate surface area is 368 Å². The van der Waals surface area contributed by atoms with E-state index in [4.69, 9.17) is 0 Å². The smallest absolute Gasteiger partial charge is 0.0619 e. The van der Waals surface area contributed by atoms with E-state index >= 15 is 0 Å². The number of nitrogens with zero attached hydrogens (tertiary/aromatic N) is 2. The molecule has 0 amide bonds. The van der Waals surface area contributed by atoms with E-state index in [2.05, 4.69) is 254 Å². The summed E-state index contributed by atoms with van der Waals surface area (Å²) in [5, 5.41) is 3.82. The predicted octanol–water partition coefficient (Wildman–Crippen LogP) is 16.2. The number of hydrogen-bond donors (Lipinski definition) is 0. The maximum absolute atomic E-state index is 2.48. The number of para-hydroxylation sites is 3. The zero-order valence-electron chi connectivity index (χ0n) is 35.3. The average Bonchev–Trinajstić information content (AvgIpc) is 3.94. The highest BCUT2D eigenvalue weighted by molar-refractivity contribution is 6.10. The fraction of sp³-hybridized carbons (Fsp3) is 0.0492. The first-order valence-corrected chi connectivity index (χ1v) is 21.9. The quantitative estimate of drug-likeness (QED) is 0.142. The maximum Gasteiger partial charge on any atom is 0.0619 e. The van der Waals surface area contributed by atoms with Crippen LogP contribution in [0.5, 0.6) is 0 Å². The van der Waals surface area contributed by atoms with Gasteiger partial charge in [0, 0.05) is 38.5 Å². The highest BCUT2D eigenvalue weighted by Gasteiger charge is 2.37. The minimum Gasteiger partial charge on any atom is -0.309 e. The van der Waals surface area contributed by atoms with Gasteiger partial charge in [0.15, 0.2) is 0 Å². The third-order valence-corrected chi connectivity index (χ3v) is 13.3. The summed E-state index contributed by atoms with van der Waals surface area (Å²) in [6.45, 7) is 4.77. The van der Waals surface area contributed by atoms with Gasteiger partial charge in [0.1, 0.15) is 0 Å². The largest absolute Gasteiger partial charge is 0.309 e. The molecule has 1 aliphatic rings. The van der Waals surface area contributed by atoms with E-state index < -0.39 is 0 Å². The SMILES string of the molecule is CC1(C)c2cc(C=Cc3ccc(-c4ccc(-n5c6ccccc6c6ccccc65)cc4)cc3)ccc2-c2cc3c(-c4ccccc4)c(-c4ccccc4)n(-c4ccccc4)c3cc21. The molecule has 0 aliphatic heterocycles. The molecule has 0 radical (unpaired) electrons. The van der Waals surface area contributed by atoms with Crippen LogP contribution < -0.4 is 0 Å². The fourth-order valence-corrected chi connectivity index (χ4v) is 10.2. The Morgan fingerprint density at radius 2 is 0.857 bits per heavy atom. The number of rotatable bonds is 7. The van der Waals surface area contributed by atoms with Crippen LogP contribution in [-0.4, -0.2) is 9.13 Å². The molecule has 0 saturated carbocycles. The molecule has 2 heterocycles. The van der Waals surface area contributed by atoms with Crippen molar-refractivity contribution in [1.82, 2.24) is 9.13 Å². The Morgan fingerprint density at radius 3 is 1.51 bits per heavy atom. The second-order valence-electron chi connectivity index (χ2n) is 17.3. The summed E-state index contributed by atoms with van der Waals surface area (Å²) in [7, 11) is 0. The predicted molar refractivity (Wildman–Crippen MR) is 267 cm³/mol. The lowest BCUT2D eigenvalue weighted by Crippen LogP contribution is -2.15. The molecule has 2 nitrogen and oxygen atoms in total. The van der Waals surface area contributed by atoms with Crippen molar-refractivity contribution in [1.29, 1.82) is 0 Å². The molecule has 1 aliphatic carbocycles. The second kappa shape index (κ2) is 14.6. The Kier molecular flexibility index (Phi) is 8.55. The van der Waals surface area contributed by atoms with Gasteiger partial charge in [0.05, 0.1) is 22.2 Å². The summed E-state index contributed by atoms with van der Waals surface area (Å²) in [5.41, 5.74) is 20.9. The highest BCUT2D eigenvalue weighted by atomic mass is 15.0. The summed E-state index contributed by atoms with van der Waals surface area (Å²) in [6.07, 6.45) is 4.49. The van der Waals surface area contributed by atoms with Crippen LogP contribution >= 0.6 is 0 Å². The Bertz CT molecular complexity index is 3480. The van der Waals surface area contributed by atoms with Crippen LogP contribution in [0.25, 0.3) is 101 Å². The first kappa shape index (κ1) is 36.9. The molecule has 0 bridgehead atoms. The average molecular weight is 805 g/mol. The van der Waals surface area contributed by atoms with Crippen LogP contribution in [0, 0.1) is 0 Å². The van der Waals surface area contributed by atoms with Crippen molar-refractivity contribution in [2.24, 2.45) is 0 Å². The van der Waals surface area contributed by atoms with Gasteiger partial charge in [-0.25, -0.2) is 0 Å². The molecule has 12 rings (SSSR count). The Morgan fingerprint density at radius 1 is 0.349 bits per heavy atom. The lowest BCUT2D eigenvalue weighted by molar-refractivity contribution is 0.661. The van der Waals surface area contributed by atoms with E-state index in [1.54, 1.807) is 0 Å². The molecule has 0 fully saturated rings. The molecule has 298 valence electrons. The zero-order chi connectivity index (χ0) is 42.1. The molecule has 9 aromatic carbocycles. The highest BCUT2D eigenvalue weighted by Crippen LogP contribution is 2.53. The van der Waals surface area contributed by atoms with Crippen LogP contribution in [0.2, 0.25) is 0 Å². The van der Waals surface area contributed by atoms with Gasteiger partial charge in [-0.1, -0.05) is 196 Å². The molecular formula is C61H44N2. The summed E-state index contributed by atoms with van der Waals surface area (Å²) in [5.74, 6) is 0. The molecule has 0 N–H and O–H groups in total. The molecule has 2 aromatic heterocycles. The summed E-state index contributed by atoms with van der Waals surface area (Å²) < 4.78 is 4.85. The number of aromatic nitrogens is 2. The van der Waals surface area contributed by atoms with Gasteiger partial charge < -0.3 is 9.13 Å². The molecule has 63 heavy (non-hydrogen) atoms. The van der Waals surface area contributed by atoms with Crippen molar-refractivity contribution >= 4 is 44.9 Å². The van der Waals surface area contributed by atoms with Gasteiger partial charge in [-0.3, -0.25) is 0 Å². The van der Waals surface area contributed by atoms with E-state index in [1.807, 2.05) is 0 Å². The van der Waals surface area contributed by atoms with Gasteiger partial charge in [-0.2, -0.15) is 0 Å². The third kappa shape index (κ3) is 6.02. The van der Waals surface area contributed by atoms with Crippen LogP contribution in [0.4, 0.5) is 0 Å². The summed E-state index contributed by atoms with van der Waals surface area (Å²) >= 11 is 0. The molecule has 0 atom stereocenters. The molecular weight excluding hydrogens is 761 g/mol. The van der Waals surface area contributed by atoms with E-state index in [0.29, 0.717) is 0 Å². The fourth-order valence-electron chi connectivity index (χ4n) is 10.2. The van der Waals surface area contributed by atoms with Crippen molar-refractivity contribution in [2.45, 2.75) is 19.3 Å². The van der Waals surface area contributed by atoms with Crippen molar-refractivity contribution in [3.8, 4) is 56.0 Å². The summed E-state index contributed by atoms with van der Waals surface area (Å²) in [6, 6.07) is 79.8. The molecule has 2 heteroatoms. The van der Waals surface area contributed by atoms with E-state index in [-0.39, 0.29) is 5.41 Å². The van der Waals surface area contributed by atoms with Crippen molar-refractivity contribution in [3.05, 3.63) is 241 Å². The van der Waals surface area contributed by atoms with Gasteiger partial charge in [0.2, 0.25) is 0 Å². The zero-order valence-corrected chi connectivity index (χ0v) is 35.3.